The Morgan fingerprint density at radius 2 is 1.80 bits per heavy atom. The van der Waals surface area contributed by atoms with Crippen LogP contribution in [0.2, 0.25) is 0 Å². The van der Waals surface area contributed by atoms with Gasteiger partial charge in [0.15, 0.2) is 0 Å². The summed E-state index contributed by atoms with van der Waals surface area (Å²) < 4.78 is 57.5. The highest BCUT2D eigenvalue weighted by molar-refractivity contribution is 7.86. The van der Waals surface area contributed by atoms with Gasteiger partial charge in [0.1, 0.15) is 17.7 Å². The highest BCUT2D eigenvalue weighted by Crippen LogP contribution is 2.28. The molecular weight excluding hydrogens is 363 g/mol. The number of alkyl halides is 3. The van der Waals surface area contributed by atoms with Crippen LogP contribution in [0.4, 0.5) is 13.2 Å². The lowest BCUT2D eigenvalue weighted by Gasteiger charge is -2.30. The molecule has 1 aliphatic rings. The van der Waals surface area contributed by atoms with Gasteiger partial charge in [-0.05, 0) is 6.08 Å². The minimum atomic E-state index is -5.84. The van der Waals surface area contributed by atoms with E-state index in [1.165, 1.54) is 6.08 Å². The number of carbonyl (C=O) groups is 1. The molecule has 11 heteroatoms. The number of hydrogen-bond acceptors (Lipinski definition) is 6. The van der Waals surface area contributed by atoms with Gasteiger partial charge in [-0.25, -0.2) is 0 Å². The van der Waals surface area contributed by atoms with Crippen molar-refractivity contribution >= 4 is 15.9 Å². The number of ketones is 1. The van der Waals surface area contributed by atoms with E-state index in [4.69, 9.17) is 18.7 Å². The number of hydrogen-bond donors (Lipinski definition) is 2. The van der Waals surface area contributed by atoms with Crippen molar-refractivity contribution in [1.82, 2.24) is 9.80 Å². The van der Waals surface area contributed by atoms with Crippen LogP contribution in [0.3, 0.4) is 0 Å². The molecule has 3 N–H and O–H groups in total. The Morgan fingerprint density at radius 1 is 1.32 bits per heavy atom. The molecule has 0 amide bonds. The maximum Gasteiger partial charge on any atom is 0.522 e. The lowest BCUT2D eigenvalue weighted by Crippen LogP contribution is -2.39. The van der Waals surface area contributed by atoms with E-state index in [0.717, 1.165) is 6.42 Å². The third-order valence-corrected chi connectivity index (χ3v) is 3.72. The van der Waals surface area contributed by atoms with Crippen molar-refractivity contribution in [3.63, 3.8) is 0 Å². The van der Waals surface area contributed by atoms with Crippen LogP contribution in [0.1, 0.15) is 6.42 Å². The van der Waals surface area contributed by atoms with Gasteiger partial charge >= 0.3 is 15.6 Å². The average Bonchev–Trinajstić information content (AvgIpc) is 2.71. The molecule has 0 saturated carbocycles. The van der Waals surface area contributed by atoms with Crippen LogP contribution in [0, 0.1) is 0 Å². The van der Waals surface area contributed by atoms with Crippen molar-refractivity contribution in [3.05, 3.63) is 49.5 Å². The summed E-state index contributed by atoms with van der Waals surface area (Å²) in [6.45, 7) is 11.5. The van der Waals surface area contributed by atoms with Crippen LogP contribution >= 0.6 is 0 Å². The van der Waals surface area contributed by atoms with E-state index in [0.29, 0.717) is 18.1 Å². The lowest BCUT2D eigenvalue weighted by molar-refractivity contribution is -0.112. The fourth-order valence-electron chi connectivity index (χ4n) is 1.98. The quantitative estimate of drug-likeness (QED) is 0.311. The van der Waals surface area contributed by atoms with Crippen LogP contribution in [0.5, 0.6) is 0 Å². The molecule has 0 saturated heterocycles. The van der Waals surface area contributed by atoms with Gasteiger partial charge in [0.2, 0.25) is 5.78 Å². The van der Waals surface area contributed by atoms with E-state index in [1.54, 1.807) is 6.08 Å². The molecule has 0 aromatic heterocycles. The highest BCUT2D eigenvalue weighted by atomic mass is 32.2. The summed E-state index contributed by atoms with van der Waals surface area (Å²) in [6, 6.07) is 0. The molecule has 1 unspecified atom stereocenters. The molecule has 0 aromatic carbocycles. The molecule has 1 rings (SSSR count). The van der Waals surface area contributed by atoms with Crippen molar-refractivity contribution in [2.24, 2.45) is 5.73 Å². The molecule has 0 radical (unpaired) electrons. The van der Waals surface area contributed by atoms with Gasteiger partial charge in [0.25, 0.3) is 0 Å². The Balaban J connectivity index is 0.000000609. The first-order valence-corrected chi connectivity index (χ1v) is 8.19. The van der Waals surface area contributed by atoms with E-state index in [-0.39, 0.29) is 11.9 Å². The first-order chi connectivity index (χ1) is 11.3. The van der Waals surface area contributed by atoms with Crippen LogP contribution in [0.25, 0.3) is 0 Å². The van der Waals surface area contributed by atoms with Crippen LogP contribution in [0.15, 0.2) is 49.5 Å². The van der Waals surface area contributed by atoms with Gasteiger partial charge in [-0.3, -0.25) is 9.35 Å². The normalized spacial score (nSPS) is 17.7. The number of nitrogens with zero attached hydrogens (tertiary/aromatic N) is 2. The van der Waals surface area contributed by atoms with Gasteiger partial charge in [0.05, 0.1) is 0 Å². The first-order valence-electron chi connectivity index (χ1n) is 6.74. The molecule has 0 fully saturated rings. The molecule has 142 valence electrons. The molecule has 0 bridgehead atoms. The topological polar surface area (TPSA) is 104 Å². The SMILES string of the molecule is C=CCC1N(C)C(N)=C(C(=O)C=C)N1CC=C.O=S(=O)(O)C(F)(F)F. The Kier molecular flexibility index (Phi) is 7.93. The highest BCUT2D eigenvalue weighted by Gasteiger charge is 2.44. The molecule has 1 aliphatic heterocycles. The largest absolute Gasteiger partial charge is 0.522 e. The monoisotopic (exact) mass is 383 g/mol. The van der Waals surface area contributed by atoms with E-state index >= 15 is 0 Å². The smallest absolute Gasteiger partial charge is 0.383 e. The summed E-state index contributed by atoms with van der Waals surface area (Å²) in [7, 11) is -3.98. The summed E-state index contributed by atoms with van der Waals surface area (Å²) >= 11 is 0. The number of allylic oxidation sites excluding steroid dienone is 1. The van der Waals surface area contributed by atoms with E-state index in [1.807, 2.05) is 22.9 Å². The minimum absolute atomic E-state index is 0.0180. The van der Waals surface area contributed by atoms with Crippen molar-refractivity contribution in [3.8, 4) is 0 Å². The summed E-state index contributed by atoms with van der Waals surface area (Å²) in [5.41, 5.74) is 0.927. The van der Waals surface area contributed by atoms with E-state index < -0.39 is 15.6 Å². The maximum absolute atomic E-state index is 11.8. The first kappa shape index (κ1) is 22.7. The third kappa shape index (κ3) is 5.64. The molecule has 1 atom stereocenters. The number of nitrogens with two attached hydrogens (primary N) is 1. The molecule has 25 heavy (non-hydrogen) atoms. The second-order valence-electron chi connectivity index (χ2n) is 4.78. The minimum Gasteiger partial charge on any atom is -0.383 e. The van der Waals surface area contributed by atoms with E-state index in [2.05, 4.69) is 19.7 Å². The lowest BCUT2D eigenvalue weighted by atomic mass is 10.2. The zero-order chi connectivity index (χ0) is 20.0. The molecule has 0 aromatic rings. The molecule has 7 nitrogen and oxygen atoms in total. The van der Waals surface area contributed by atoms with Gasteiger partial charge in [-0.15, -0.1) is 13.2 Å². The second-order valence-corrected chi connectivity index (χ2v) is 6.19. The summed E-state index contributed by atoms with van der Waals surface area (Å²) in [4.78, 5) is 15.6. The fourth-order valence-corrected chi connectivity index (χ4v) is 1.98. The standard InChI is InChI=1S/C13H19N3O.CHF3O3S/c1-5-8-11-15(4)13(14)12(10(17)7-3)16(11)9-6-2;2-1(3,4)8(5,6)7/h5-7,11H,1-3,8-9,14H2,4H3;(H,5,6,7). The Bertz CT molecular complexity index is 671. The fraction of sp³-hybridized carbons (Fsp3) is 0.357. The van der Waals surface area contributed by atoms with E-state index in [9.17, 15) is 18.0 Å². The third-order valence-electron chi connectivity index (χ3n) is 3.13. The average molecular weight is 383 g/mol. The van der Waals surface area contributed by atoms with Gasteiger partial charge in [-0.1, -0.05) is 18.7 Å². The van der Waals surface area contributed by atoms with Crippen molar-refractivity contribution in [2.45, 2.75) is 18.1 Å². The Labute approximate surface area is 144 Å². The number of rotatable bonds is 6. The summed E-state index contributed by atoms with van der Waals surface area (Å²) in [5.74, 6) is 0.311. The van der Waals surface area contributed by atoms with Gasteiger partial charge < -0.3 is 15.5 Å². The molecule has 1 heterocycles. The van der Waals surface area contributed by atoms with Gasteiger partial charge in [0, 0.05) is 20.0 Å². The molecule has 0 spiro atoms. The Hall–Kier alpha value is -2.27. The van der Waals surface area contributed by atoms with Crippen LogP contribution < -0.4 is 5.73 Å². The Morgan fingerprint density at radius 3 is 2.12 bits per heavy atom. The predicted molar refractivity (Wildman–Crippen MR) is 87.3 cm³/mol. The predicted octanol–water partition coefficient (Wildman–Crippen LogP) is 1.60. The van der Waals surface area contributed by atoms with Crippen molar-refractivity contribution < 1.29 is 30.9 Å². The second kappa shape index (κ2) is 8.72. The zero-order valence-electron chi connectivity index (χ0n) is 13.5. The van der Waals surface area contributed by atoms with Crippen molar-refractivity contribution in [2.75, 3.05) is 13.6 Å². The maximum atomic E-state index is 11.8. The summed E-state index contributed by atoms with van der Waals surface area (Å²) in [6.07, 6.45) is 5.58. The van der Waals surface area contributed by atoms with Crippen LogP contribution in [-0.2, 0) is 14.9 Å². The van der Waals surface area contributed by atoms with Crippen molar-refractivity contribution in [1.29, 1.82) is 0 Å². The zero-order valence-corrected chi connectivity index (χ0v) is 14.3. The number of halogens is 3. The van der Waals surface area contributed by atoms with Crippen LogP contribution in [-0.4, -0.2) is 53.8 Å². The molecular formula is C14H20F3N3O4S. The number of carbonyl (C=O) groups excluding carboxylic acids is 1. The molecule has 0 aliphatic carbocycles. The van der Waals surface area contributed by atoms with Gasteiger partial charge in [-0.2, -0.15) is 21.6 Å². The summed E-state index contributed by atoms with van der Waals surface area (Å²) in [5, 5.41) is 0.